The normalized spacial score (nSPS) is 21.5. The van der Waals surface area contributed by atoms with Gasteiger partial charge in [0.25, 0.3) is 5.52 Å². The van der Waals surface area contributed by atoms with Crippen LogP contribution < -0.4 is 14.8 Å². The van der Waals surface area contributed by atoms with Crippen LogP contribution in [0, 0.1) is 6.92 Å². The maximum absolute atomic E-state index is 10.9. The Morgan fingerprint density at radius 1 is 1.27 bits per heavy atom. The van der Waals surface area contributed by atoms with Crippen LogP contribution in [-0.2, 0) is 0 Å². The van der Waals surface area contributed by atoms with E-state index in [4.69, 9.17) is 16.3 Å². The molecule has 5 nitrogen and oxygen atoms in total. The van der Waals surface area contributed by atoms with Gasteiger partial charge in [-0.2, -0.15) is 0 Å². The minimum atomic E-state index is -0.710. The smallest absolute Gasteiger partial charge is 0.326 e. The second-order valence-corrected chi connectivity index (χ2v) is 8.05. The number of halogens is 1. The van der Waals surface area contributed by atoms with Crippen LogP contribution >= 0.6 is 11.6 Å². The number of pyridine rings is 1. The topological polar surface area (TPSA) is 65.6 Å². The maximum atomic E-state index is 10.9. The zero-order valence-electron chi connectivity index (χ0n) is 15.8. The molecule has 0 fully saturated rings. The Morgan fingerprint density at radius 3 is 2.69 bits per heavy atom. The van der Waals surface area contributed by atoms with Crippen molar-refractivity contribution in [3.63, 3.8) is 0 Å². The van der Waals surface area contributed by atoms with Gasteiger partial charge in [0, 0.05) is 22.4 Å². The highest BCUT2D eigenvalue weighted by Crippen LogP contribution is 2.42. The number of nitrogens with zero attached hydrogens (tertiary/aromatic N) is 1. The molecular formula is C20H28ClN2O3+. The highest BCUT2D eigenvalue weighted by molar-refractivity contribution is 6.28. The van der Waals surface area contributed by atoms with Crippen LogP contribution in [0.3, 0.4) is 0 Å². The minimum Gasteiger partial charge on any atom is -0.485 e. The minimum absolute atomic E-state index is 0.250. The van der Waals surface area contributed by atoms with Gasteiger partial charge in [0.15, 0.2) is 0 Å². The highest BCUT2D eigenvalue weighted by atomic mass is 35.5. The molecule has 6 heteroatoms. The van der Waals surface area contributed by atoms with E-state index in [9.17, 15) is 10.3 Å². The summed E-state index contributed by atoms with van der Waals surface area (Å²) in [6.45, 7) is 8.72. The number of aliphatic hydroxyl groups excluding tert-OH is 1. The average molecular weight is 380 g/mol. The molecule has 1 aliphatic heterocycles. The number of fused-ring (bicyclic) bond motifs is 2. The van der Waals surface area contributed by atoms with Crippen LogP contribution in [0.1, 0.15) is 57.2 Å². The molecule has 0 amide bonds. The molecule has 3 rings (SSSR count). The van der Waals surface area contributed by atoms with E-state index in [2.05, 4.69) is 12.2 Å². The Labute approximate surface area is 159 Å². The van der Waals surface area contributed by atoms with E-state index in [1.54, 1.807) is 6.07 Å². The Kier molecular flexibility index (Phi) is 5.33. The molecular weight excluding hydrogens is 352 g/mol. The van der Waals surface area contributed by atoms with Crippen LogP contribution in [-0.4, -0.2) is 28.6 Å². The van der Waals surface area contributed by atoms with Crippen molar-refractivity contribution in [3.05, 3.63) is 34.5 Å². The summed E-state index contributed by atoms with van der Waals surface area (Å²) in [5.41, 5.74) is 1.69. The van der Waals surface area contributed by atoms with E-state index in [0.29, 0.717) is 5.52 Å². The third kappa shape index (κ3) is 3.36. The van der Waals surface area contributed by atoms with Crippen LogP contribution in [0.15, 0.2) is 18.2 Å². The first-order valence-electron chi connectivity index (χ1n) is 9.24. The standard InChI is InChI=1S/C20H28ClN2O3/c1-5-6-7-8-22-18-14-10-15-13(12(2)9-17(21)23(15)25)11-16(14)26-20(3,4)19(18)24/h9-11,18-19,22,24-25H,5-8H2,1-4H3/q+1/t18-,19+/m0/s1. The first-order chi connectivity index (χ1) is 12.3. The van der Waals surface area contributed by atoms with Crippen molar-refractivity contribution < 1.29 is 19.8 Å². The van der Waals surface area contributed by atoms with Crippen molar-refractivity contribution in [1.29, 1.82) is 0 Å². The molecule has 0 spiro atoms. The van der Waals surface area contributed by atoms with Gasteiger partial charge in [-0.05, 0) is 57.0 Å². The summed E-state index contributed by atoms with van der Waals surface area (Å²) >= 11 is 6.12. The number of hydrogen-bond donors (Lipinski definition) is 3. The zero-order chi connectivity index (χ0) is 19.1. The third-order valence-corrected chi connectivity index (χ3v) is 5.47. The molecule has 2 heterocycles. The van der Waals surface area contributed by atoms with E-state index < -0.39 is 11.7 Å². The predicted octanol–water partition coefficient (Wildman–Crippen LogP) is 3.68. The van der Waals surface area contributed by atoms with Crippen LogP contribution in [0.5, 0.6) is 5.75 Å². The highest BCUT2D eigenvalue weighted by Gasteiger charge is 2.43. The Bertz CT molecular complexity index is 823. The summed E-state index contributed by atoms with van der Waals surface area (Å²) in [4.78, 5) is 0. The lowest BCUT2D eigenvalue weighted by atomic mass is 9.85. The molecule has 1 aromatic heterocycles. The molecule has 0 aliphatic carbocycles. The van der Waals surface area contributed by atoms with E-state index in [0.717, 1.165) is 52.8 Å². The number of unbranched alkanes of at least 4 members (excludes halogenated alkanes) is 2. The number of aliphatic hydroxyl groups is 1. The molecule has 142 valence electrons. The molecule has 0 saturated heterocycles. The number of hydrogen-bond acceptors (Lipinski definition) is 4. The van der Waals surface area contributed by atoms with Gasteiger partial charge in [0.2, 0.25) is 0 Å². The van der Waals surface area contributed by atoms with Gasteiger partial charge < -0.3 is 15.2 Å². The molecule has 26 heavy (non-hydrogen) atoms. The van der Waals surface area contributed by atoms with Gasteiger partial charge in [0.05, 0.1) is 11.4 Å². The predicted molar refractivity (Wildman–Crippen MR) is 102 cm³/mol. The van der Waals surface area contributed by atoms with Gasteiger partial charge in [-0.1, -0.05) is 19.8 Å². The fourth-order valence-electron chi connectivity index (χ4n) is 3.61. The summed E-state index contributed by atoms with van der Waals surface area (Å²) in [7, 11) is 0. The summed E-state index contributed by atoms with van der Waals surface area (Å²) < 4.78 is 7.09. The fraction of sp³-hybridized carbons (Fsp3) is 0.550. The molecule has 0 saturated carbocycles. The van der Waals surface area contributed by atoms with Crippen molar-refractivity contribution in [3.8, 4) is 5.75 Å². The molecule has 1 aromatic carbocycles. The van der Waals surface area contributed by atoms with Gasteiger partial charge in [0.1, 0.15) is 17.5 Å². The van der Waals surface area contributed by atoms with E-state index in [-0.39, 0.29) is 11.2 Å². The Morgan fingerprint density at radius 2 is 2.00 bits per heavy atom. The average Bonchev–Trinajstić information content (AvgIpc) is 2.58. The lowest BCUT2D eigenvalue weighted by Gasteiger charge is -2.42. The third-order valence-electron chi connectivity index (χ3n) is 5.20. The zero-order valence-corrected chi connectivity index (χ0v) is 16.6. The van der Waals surface area contributed by atoms with E-state index in [1.165, 1.54) is 0 Å². The van der Waals surface area contributed by atoms with Crippen LogP contribution in [0.2, 0.25) is 5.15 Å². The summed E-state index contributed by atoms with van der Waals surface area (Å²) in [6, 6.07) is 5.24. The van der Waals surface area contributed by atoms with Gasteiger partial charge in [-0.25, -0.2) is 0 Å². The quantitative estimate of drug-likeness (QED) is 0.321. The van der Waals surface area contributed by atoms with Crippen LogP contribution in [0.25, 0.3) is 10.9 Å². The second-order valence-electron chi connectivity index (χ2n) is 7.66. The largest absolute Gasteiger partial charge is 0.485 e. The number of rotatable bonds is 5. The molecule has 1 aliphatic rings. The van der Waals surface area contributed by atoms with Crippen molar-refractivity contribution in [2.24, 2.45) is 0 Å². The first-order valence-corrected chi connectivity index (χ1v) is 9.62. The lowest BCUT2D eigenvalue weighted by Crippen LogP contribution is -2.52. The van der Waals surface area contributed by atoms with E-state index in [1.807, 2.05) is 32.9 Å². The molecule has 3 N–H and O–H groups in total. The van der Waals surface area contributed by atoms with Gasteiger partial charge >= 0.3 is 5.15 Å². The first kappa shape index (κ1) is 19.2. The maximum Gasteiger partial charge on any atom is 0.326 e. The summed E-state index contributed by atoms with van der Waals surface area (Å²) in [6.07, 6.45) is 2.63. The number of nitrogens with one attached hydrogen (secondary N) is 1. The Balaban J connectivity index is 2.09. The SMILES string of the molecule is CCCCCN[C@H]1c2cc3c(cc2OC(C)(C)[C@@H]1O)c(C)cc(Cl)[n+]3O. The number of aryl methyl sites for hydroxylation is 1. The monoisotopic (exact) mass is 379 g/mol. The number of ether oxygens (including phenoxy) is 1. The van der Waals surface area contributed by atoms with Gasteiger partial charge in [-0.15, -0.1) is 0 Å². The van der Waals surface area contributed by atoms with E-state index >= 15 is 0 Å². The summed E-state index contributed by atoms with van der Waals surface area (Å²) in [5, 5.41) is 25.8. The molecule has 0 radical (unpaired) electrons. The van der Waals surface area contributed by atoms with Crippen molar-refractivity contribution in [2.75, 3.05) is 6.54 Å². The van der Waals surface area contributed by atoms with Crippen molar-refractivity contribution >= 4 is 22.5 Å². The molecule has 2 atom stereocenters. The fourth-order valence-corrected chi connectivity index (χ4v) is 3.86. The van der Waals surface area contributed by atoms with Crippen molar-refractivity contribution in [2.45, 2.75) is 64.7 Å². The molecule has 2 aromatic rings. The molecule has 0 bridgehead atoms. The van der Waals surface area contributed by atoms with Crippen molar-refractivity contribution in [1.82, 2.24) is 5.32 Å². The number of benzene rings is 1. The summed E-state index contributed by atoms with van der Waals surface area (Å²) in [5.74, 6) is 0.728. The second kappa shape index (κ2) is 7.22. The van der Waals surface area contributed by atoms with Gasteiger partial charge in [-0.3, -0.25) is 5.21 Å². The number of aromatic nitrogens is 1. The molecule has 0 unspecified atom stereocenters. The Hall–Kier alpha value is -1.56. The lowest BCUT2D eigenvalue weighted by molar-refractivity contribution is -0.882. The van der Waals surface area contributed by atoms with Crippen LogP contribution in [0.4, 0.5) is 0 Å².